The number of nitriles is 1. The van der Waals surface area contributed by atoms with Gasteiger partial charge in [-0.15, -0.1) is 5.10 Å². The van der Waals surface area contributed by atoms with Crippen LogP contribution in [0, 0.1) is 16.7 Å². The molecule has 18 heavy (non-hydrogen) atoms. The molecule has 0 aliphatic carbocycles. The van der Waals surface area contributed by atoms with E-state index >= 15 is 0 Å². The van der Waals surface area contributed by atoms with Crippen molar-refractivity contribution in [2.75, 3.05) is 0 Å². The molecule has 2 N–H and O–H groups in total. The summed E-state index contributed by atoms with van der Waals surface area (Å²) in [5.74, 6) is 0. The van der Waals surface area contributed by atoms with Gasteiger partial charge >= 0.3 is 0 Å². The van der Waals surface area contributed by atoms with Crippen molar-refractivity contribution < 1.29 is 0 Å². The number of hydrogen-bond donors (Lipinski definition) is 1. The largest absolute Gasteiger partial charge is 0.323 e. The zero-order valence-corrected chi connectivity index (χ0v) is 11.6. The molecule has 0 radical (unpaired) electrons. The Hall–Kier alpha value is -1.41. The molecule has 1 unspecified atom stereocenters. The minimum atomic E-state index is -0.262. The average molecular weight is 249 g/mol. The third-order valence-corrected chi connectivity index (χ3v) is 3.03. The fraction of sp³-hybridized carbons (Fsp3) is 0.769. The van der Waals surface area contributed by atoms with Gasteiger partial charge in [-0.3, -0.25) is 4.68 Å². The van der Waals surface area contributed by atoms with E-state index < -0.39 is 0 Å². The molecular weight excluding hydrogens is 226 g/mol. The van der Waals surface area contributed by atoms with E-state index in [2.05, 4.69) is 23.3 Å². The van der Waals surface area contributed by atoms with Gasteiger partial charge in [0, 0.05) is 6.54 Å². The van der Waals surface area contributed by atoms with Gasteiger partial charge in [-0.1, -0.05) is 18.6 Å². The molecule has 1 rings (SSSR count). The Balaban J connectivity index is 2.43. The Labute approximate surface area is 109 Å². The molecule has 0 aromatic carbocycles. The third-order valence-electron chi connectivity index (χ3n) is 3.03. The van der Waals surface area contributed by atoms with E-state index in [-0.39, 0.29) is 11.5 Å². The van der Waals surface area contributed by atoms with Gasteiger partial charge in [-0.05, 0) is 33.1 Å². The zero-order chi connectivity index (χ0) is 13.6. The third kappa shape index (κ3) is 4.46. The highest BCUT2D eigenvalue weighted by molar-refractivity contribution is 4.99. The van der Waals surface area contributed by atoms with Crippen LogP contribution in [0.1, 0.15) is 58.2 Å². The molecule has 0 saturated heterocycles. The van der Waals surface area contributed by atoms with Crippen molar-refractivity contribution in [1.82, 2.24) is 15.0 Å². The summed E-state index contributed by atoms with van der Waals surface area (Å²) in [6.07, 6.45) is 5.68. The second kappa shape index (κ2) is 6.50. The first-order chi connectivity index (χ1) is 8.48. The summed E-state index contributed by atoms with van der Waals surface area (Å²) in [6.45, 7) is 6.80. The molecule has 0 spiro atoms. The van der Waals surface area contributed by atoms with Crippen LogP contribution in [-0.4, -0.2) is 15.0 Å². The molecular formula is C13H23N5. The van der Waals surface area contributed by atoms with Gasteiger partial charge in [0.2, 0.25) is 0 Å². The van der Waals surface area contributed by atoms with Crippen LogP contribution in [0.3, 0.4) is 0 Å². The second-order valence-electron chi connectivity index (χ2n) is 5.40. The van der Waals surface area contributed by atoms with E-state index in [0.29, 0.717) is 0 Å². The van der Waals surface area contributed by atoms with E-state index in [9.17, 15) is 0 Å². The molecule has 1 aromatic heterocycles. The monoisotopic (exact) mass is 249 g/mol. The topological polar surface area (TPSA) is 80.5 Å². The van der Waals surface area contributed by atoms with E-state index in [1.807, 2.05) is 24.7 Å². The predicted octanol–water partition coefficient (Wildman–Crippen LogP) is 2.41. The molecule has 5 heteroatoms. The number of nitrogens with two attached hydrogens (primary N) is 1. The summed E-state index contributed by atoms with van der Waals surface area (Å²) in [5, 5.41) is 17.1. The Morgan fingerprint density at radius 3 is 2.89 bits per heavy atom. The van der Waals surface area contributed by atoms with Gasteiger partial charge in [0.15, 0.2) is 0 Å². The maximum atomic E-state index is 8.93. The Kier molecular flexibility index (Phi) is 5.29. The fourth-order valence-corrected chi connectivity index (χ4v) is 1.79. The first-order valence-corrected chi connectivity index (χ1v) is 6.55. The predicted molar refractivity (Wildman–Crippen MR) is 70.5 cm³/mol. The van der Waals surface area contributed by atoms with Crippen LogP contribution < -0.4 is 5.73 Å². The first-order valence-electron chi connectivity index (χ1n) is 6.55. The smallest absolute Gasteiger partial charge is 0.0994 e. The molecule has 5 nitrogen and oxygen atoms in total. The Morgan fingerprint density at radius 2 is 2.28 bits per heavy atom. The summed E-state index contributed by atoms with van der Waals surface area (Å²) in [7, 11) is 0. The normalized spacial score (nSPS) is 13.3. The number of aryl methyl sites for hydroxylation is 1. The number of hydrogen-bond acceptors (Lipinski definition) is 4. The van der Waals surface area contributed by atoms with E-state index in [0.717, 1.165) is 37.9 Å². The molecule has 0 aliphatic rings. The number of nitrogens with zero attached hydrogens (tertiary/aromatic N) is 4. The minimum Gasteiger partial charge on any atom is -0.323 e. The van der Waals surface area contributed by atoms with Gasteiger partial charge in [0.1, 0.15) is 0 Å². The van der Waals surface area contributed by atoms with Crippen LogP contribution >= 0.6 is 0 Å². The van der Waals surface area contributed by atoms with Gasteiger partial charge in [0.05, 0.1) is 29.4 Å². The summed E-state index contributed by atoms with van der Waals surface area (Å²) in [4.78, 5) is 0. The summed E-state index contributed by atoms with van der Waals surface area (Å²) in [6, 6.07) is 2.29. The quantitative estimate of drug-likeness (QED) is 0.804. The number of rotatable bonds is 7. The lowest BCUT2D eigenvalue weighted by Gasteiger charge is -2.13. The van der Waals surface area contributed by atoms with Gasteiger partial charge in [0.25, 0.3) is 0 Å². The van der Waals surface area contributed by atoms with Crippen molar-refractivity contribution in [3.63, 3.8) is 0 Å². The van der Waals surface area contributed by atoms with E-state index in [1.165, 1.54) is 0 Å². The molecule has 0 fully saturated rings. The second-order valence-corrected chi connectivity index (χ2v) is 5.40. The molecule has 1 heterocycles. The van der Waals surface area contributed by atoms with E-state index in [1.54, 1.807) is 0 Å². The molecule has 0 saturated carbocycles. The molecule has 0 amide bonds. The molecule has 1 atom stereocenters. The SMILES string of the molecule is CCCC(N)c1cn(CCCC(C)(C)C#N)nn1. The van der Waals surface area contributed by atoms with Crippen LogP contribution in [-0.2, 0) is 6.54 Å². The van der Waals surface area contributed by atoms with Crippen LogP contribution in [0.15, 0.2) is 6.20 Å². The average Bonchev–Trinajstić information content (AvgIpc) is 2.78. The lowest BCUT2D eigenvalue weighted by molar-refractivity contribution is 0.404. The van der Waals surface area contributed by atoms with Crippen molar-refractivity contribution >= 4 is 0 Å². The van der Waals surface area contributed by atoms with Crippen molar-refractivity contribution in [3.05, 3.63) is 11.9 Å². The van der Waals surface area contributed by atoms with Gasteiger partial charge in [-0.25, -0.2) is 0 Å². The van der Waals surface area contributed by atoms with Gasteiger partial charge in [-0.2, -0.15) is 5.26 Å². The molecule has 0 bridgehead atoms. The highest BCUT2D eigenvalue weighted by Crippen LogP contribution is 2.21. The molecule has 100 valence electrons. The minimum absolute atomic E-state index is 0.0145. The maximum Gasteiger partial charge on any atom is 0.0994 e. The molecule has 1 aromatic rings. The van der Waals surface area contributed by atoms with Crippen molar-refractivity contribution in [3.8, 4) is 6.07 Å². The zero-order valence-electron chi connectivity index (χ0n) is 11.6. The Bertz CT molecular complexity index is 402. The van der Waals surface area contributed by atoms with Crippen molar-refractivity contribution in [2.24, 2.45) is 11.1 Å². The fourth-order valence-electron chi connectivity index (χ4n) is 1.79. The van der Waals surface area contributed by atoms with Crippen molar-refractivity contribution in [1.29, 1.82) is 5.26 Å². The van der Waals surface area contributed by atoms with Crippen LogP contribution in [0.4, 0.5) is 0 Å². The van der Waals surface area contributed by atoms with Crippen molar-refractivity contribution in [2.45, 2.75) is 59.0 Å². The highest BCUT2D eigenvalue weighted by atomic mass is 15.4. The van der Waals surface area contributed by atoms with Crippen LogP contribution in [0.2, 0.25) is 0 Å². The highest BCUT2D eigenvalue weighted by Gasteiger charge is 2.16. The maximum absolute atomic E-state index is 8.93. The van der Waals surface area contributed by atoms with Crippen LogP contribution in [0.25, 0.3) is 0 Å². The lowest BCUT2D eigenvalue weighted by Crippen LogP contribution is -2.10. The molecule has 0 aliphatic heterocycles. The van der Waals surface area contributed by atoms with E-state index in [4.69, 9.17) is 11.0 Å². The summed E-state index contributed by atoms with van der Waals surface area (Å²) >= 11 is 0. The number of aromatic nitrogens is 3. The standard InChI is InChI=1S/C13H23N5/c1-4-6-11(15)12-9-18(17-16-12)8-5-7-13(2,3)10-14/h9,11H,4-8,15H2,1-3H3. The Morgan fingerprint density at radius 1 is 1.56 bits per heavy atom. The van der Waals surface area contributed by atoms with Crippen LogP contribution in [0.5, 0.6) is 0 Å². The lowest BCUT2D eigenvalue weighted by atomic mass is 9.90. The summed E-state index contributed by atoms with van der Waals surface area (Å²) < 4.78 is 1.82. The first kappa shape index (κ1) is 14.7. The summed E-state index contributed by atoms with van der Waals surface area (Å²) in [5.41, 5.74) is 6.58. The van der Waals surface area contributed by atoms with Gasteiger partial charge < -0.3 is 5.73 Å².